The van der Waals surface area contributed by atoms with E-state index < -0.39 is 18.0 Å². The molecule has 1 aliphatic rings. The first kappa shape index (κ1) is 18.3. The lowest BCUT2D eigenvalue weighted by molar-refractivity contribution is -0.575. The molecule has 0 aromatic carbocycles. The predicted octanol–water partition coefficient (Wildman–Crippen LogP) is 2.80. The summed E-state index contributed by atoms with van der Waals surface area (Å²) in [6.45, 7) is 0.156. The molecule has 2 N–H and O–H groups in total. The van der Waals surface area contributed by atoms with Crippen molar-refractivity contribution in [1.82, 2.24) is 0 Å². The van der Waals surface area contributed by atoms with E-state index in [2.05, 4.69) is 0 Å². The number of hydrogen-bond acceptors (Lipinski definition) is 5. The van der Waals surface area contributed by atoms with Crippen molar-refractivity contribution in [2.24, 2.45) is 0 Å². The second-order valence-electron chi connectivity index (χ2n) is 5.11. The van der Waals surface area contributed by atoms with E-state index in [1.54, 1.807) is 0 Å². The Morgan fingerprint density at radius 1 is 1.24 bits per heavy atom. The molecule has 0 aromatic rings. The highest BCUT2D eigenvalue weighted by molar-refractivity contribution is 8.77. The van der Waals surface area contributed by atoms with Crippen molar-refractivity contribution in [3.05, 3.63) is 4.91 Å². The van der Waals surface area contributed by atoms with Gasteiger partial charge in [-0.3, -0.25) is 4.79 Å². The van der Waals surface area contributed by atoms with E-state index in [-0.39, 0.29) is 19.4 Å². The molecule has 0 saturated carbocycles. The van der Waals surface area contributed by atoms with Crippen LogP contribution in [0.4, 0.5) is 0 Å². The van der Waals surface area contributed by atoms with Crippen molar-refractivity contribution in [2.75, 3.05) is 12.3 Å². The zero-order valence-corrected chi connectivity index (χ0v) is 13.5. The third kappa shape index (κ3) is 7.71. The average molecular weight is 336 g/mol. The molecule has 2 atom stereocenters. The van der Waals surface area contributed by atoms with Crippen LogP contribution >= 0.6 is 21.6 Å². The molecular weight excluding hydrogens is 314 g/mol. The lowest BCUT2D eigenvalue weighted by Gasteiger charge is -2.06. The Hall–Kier alpha value is -0.760. The van der Waals surface area contributed by atoms with Crippen LogP contribution in [0.3, 0.4) is 0 Å². The number of nitrogens with zero attached hydrogens (tertiary/aromatic N) is 1. The van der Waals surface area contributed by atoms with Crippen molar-refractivity contribution in [3.8, 4) is 0 Å². The Morgan fingerprint density at radius 3 is 2.57 bits per heavy atom. The maximum atomic E-state index is 11.8. The molecule has 1 saturated heterocycles. The smallest absolute Gasteiger partial charge is 0.377 e. The zero-order valence-electron chi connectivity index (χ0n) is 11.9. The van der Waals surface area contributed by atoms with E-state index in [1.807, 2.05) is 21.6 Å². The van der Waals surface area contributed by atoms with Gasteiger partial charge in [-0.05, 0) is 19.3 Å². The van der Waals surface area contributed by atoms with Gasteiger partial charge in [-0.1, -0.05) is 28.0 Å². The summed E-state index contributed by atoms with van der Waals surface area (Å²) in [7, 11) is 3.85. The molecule has 8 heteroatoms. The molecule has 21 heavy (non-hydrogen) atoms. The van der Waals surface area contributed by atoms with Gasteiger partial charge in [0.15, 0.2) is 6.54 Å². The summed E-state index contributed by atoms with van der Waals surface area (Å²) < 4.78 is 0.519. The topological polar surface area (TPSA) is 94.7 Å². The zero-order chi connectivity index (χ0) is 15.7. The first-order valence-corrected chi connectivity index (χ1v) is 9.55. The van der Waals surface area contributed by atoms with Crippen molar-refractivity contribution < 1.29 is 24.6 Å². The largest absolute Gasteiger partial charge is 0.481 e. The van der Waals surface area contributed by atoms with Crippen molar-refractivity contribution in [1.29, 1.82) is 0 Å². The van der Waals surface area contributed by atoms with Gasteiger partial charge in [-0.15, -0.1) is 0 Å². The molecule has 2 unspecified atom stereocenters. The van der Waals surface area contributed by atoms with E-state index in [0.29, 0.717) is 11.2 Å². The monoisotopic (exact) mass is 336 g/mol. The Labute approximate surface area is 132 Å². The maximum Gasteiger partial charge on any atom is 0.377 e. The van der Waals surface area contributed by atoms with Crippen LogP contribution in [0.1, 0.15) is 44.9 Å². The molecule has 0 radical (unpaired) electrons. The fraction of sp³-hybridized carbons (Fsp3) is 0.846. The van der Waals surface area contributed by atoms with Crippen LogP contribution in [0, 0.1) is 4.91 Å². The number of carboxylic acid groups (broad SMARTS) is 2. The van der Waals surface area contributed by atoms with Gasteiger partial charge in [0, 0.05) is 33.5 Å². The molecular formula is C13H22NO5S2+. The summed E-state index contributed by atoms with van der Waals surface area (Å²) >= 11 is 0. The highest BCUT2D eigenvalue weighted by atomic mass is 33.1. The van der Waals surface area contributed by atoms with Gasteiger partial charge in [0.05, 0.1) is 6.42 Å². The van der Waals surface area contributed by atoms with Crippen LogP contribution in [0.5, 0.6) is 0 Å². The van der Waals surface area contributed by atoms with E-state index in [4.69, 9.17) is 10.2 Å². The second kappa shape index (κ2) is 10.0. The Bertz CT molecular complexity index is 372. The fourth-order valence-electron chi connectivity index (χ4n) is 2.19. The number of unbranched alkanes of at least 4 members (excludes halogenated alkanes) is 2. The minimum Gasteiger partial charge on any atom is -0.481 e. The number of carboxylic acids is 2. The Balaban J connectivity index is 2.16. The molecule has 1 rings (SSSR count). The van der Waals surface area contributed by atoms with Gasteiger partial charge in [-0.2, -0.15) is 0 Å². The molecule has 0 spiro atoms. The van der Waals surface area contributed by atoms with Gasteiger partial charge in [0.1, 0.15) is 0 Å². The molecule has 6 nitrogen and oxygen atoms in total. The summed E-state index contributed by atoms with van der Waals surface area (Å²) in [4.78, 5) is 33.2. The molecule has 0 bridgehead atoms. The number of hydrogen-bond donors (Lipinski definition) is 2. The van der Waals surface area contributed by atoms with E-state index in [9.17, 15) is 14.5 Å². The van der Waals surface area contributed by atoms with Crippen LogP contribution in [0.25, 0.3) is 0 Å². The average Bonchev–Trinajstić information content (AvgIpc) is 2.90. The summed E-state index contributed by atoms with van der Waals surface area (Å²) in [6, 6.07) is -1.25. The van der Waals surface area contributed by atoms with E-state index >= 15 is 0 Å². The van der Waals surface area contributed by atoms with E-state index in [1.165, 1.54) is 12.2 Å². The van der Waals surface area contributed by atoms with E-state index in [0.717, 1.165) is 24.5 Å². The summed E-state index contributed by atoms with van der Waals surface area (Å²) in [5, 5.41) is 18.2. The minimum atomic E-state index is -1.25. The van der Waals surface area contributed by atoms with Crippen molar-refractivity contribution in [2.45, 2.75) is 56.2 Å². The standard InChI is InChI=1S/C13H21NO5S2/c15-12(16)6-5-11(13(17)18)14(19)8-3-1-2-4-10-7-9-20-21-10/h10-11H,1-9H2,(H-,15,16,17,18)/p+1. The lowest BCUT2D eigenvalue weighted by Crippen LogP contribution is -2.33. The number of aliphatic carboxylic acids is 2. The van der Waals surface area contributed by atoms with Crippen LogP contribution in [0.15, 0.2) is 0 Å². The molecule has 1 heterocycles. The molecule has 1 aliphatic heterocycles. The molecule has 0 aromatic heterocycles. The molecule has 120 valence electrons. The van der Waals surface area contributed by atoms with Crippen LogP contribution in [-0.2, 0) is 9.59 Å². The summed E-state index contributed by atoms with van der Waals surface area (Å²) in [5.74, 6) is -1.11. The van der Waals surface area contributed by atoms with Crippen LogP contribution in [-0.4, -0.2) is 50.5 Å². The Kier molecular flexibility index (Phi) is 8.75. The van der Waals surface area contributed by atoms with Crippen LogP contribution in [0.2, 0.25) is 0 Å². The highest BCUT2D eigenvalue weighted by Crippen LogP contribution is 2.39. The molecule has 0 amide bonds. The van der Waals surface area contributed by atoms with Crippen molar-refractivity contribution in [3.63, 3.8) is 0 Å². The van der Waals surface area contributed by atoms with Gasteiger partial charge < -0.3 is 10.2 Å². The van der Waals surface area contributed by atoms with Gasteiger partial charge in [-0.25, -0.2) is 4.79 Å². The minimum absolute atomic E-state index is 0.149. The van der Waals surface area contributed by atoms with Crippen molar-refractivity contribution >= 4 is 33.5 Å². The second-order valence-corrected chi connectivity index (χ2v) is 7.89. The van der Waals surface area contributed by atoms with Crippen LogP contribution < -0.4 is 0 Å². The first-order valence-electron chi connectivity index (χ1n) is 7.17. The highest BCUT2D eigenvalue weighted by Gasteiger charge is 2.32. The predicted molar refractivity (Wildman–Crippen MR) is 83.7 cm³/mol. The maximum absolute atomic E-state index is 11.8. The number of nitroso groups, excluding NO2 is 1. The van der Waals surface area contributed by atoms with Gasteiger partial charge in [0.25, 0.3) is 6.04 Å². The summed E-state index contributed by atoms with van der Waals surface area (Å²) in [6.07, 6.45) is 4.57. The summed E-state index contributed by atoms with van der Waals surface area (Å²) in [5.41, 5.74) is 0. The lowest BCUT2D eigenvalue weighted by atomic mass is 10.1. The normalized spacial score (nSPS) is 19.3. The van der Waals surface area contributed by atoms with Gasteiger partial charge in [0.2, 0.25) is 0 Å². The fourth-order valence-corrected chi connectivity index (χ4v) is 5.22. The number of carbonyl (C=O) groups is 2. The Morgan fingerprint density at radius 2 is 2.00 bits per heavy atom. The third-order valence-corrected chi connectivity index (χ3v) is 6.40. The first-order chi connectivity index (χ1) is 10.0. The molecule has 0 aliphatic carbocycles. The third-order valence-electron chi connectivity index (χ3n) is 3.40. The van der Waals surface area contributed by atoms with Gasteiger partial charge >= 0.3 is 11.9 Å². The number of rotatable bonds is 11. The molecule has 1 fully saturated rings. The SMILES string of the molecule is O=C(O)CCC(C(=O)O)[N+](=O)CCCCCC1CCSS1. The quantitative estimate of drug-likeness (QED) is 0.340.